The molecule has 0 aliphatic rings. The van der Waals surface area contributed by atoms with E-state index in [-0.39, 0.29) is 18.0 Å². The number of ketones is 1. The molecule has 0 spiro atoms. The number of hydrogen-bond donors (Lipinski definition) is 1. The topological polar surface area (TPSA) is 45.8 Å². The van der Waals surface area contributed by atoms with Crippen molar-refractivity contribution >= 4 is 5.78 Å². The van der Waals surface area contributed by atoms with Gasteiger partial charge in [0.2, 0.25) is 0 Å². The first-order valence-corrected chi connectivity index (χ1v) is 4.94. The number of rotatable bonds is 3. The van der Waals surface area contributed by atoms with Crippen LogP contribution in [-0.4, -0.2) is 15.8 Å². The van der Waals surface area contributed by atoms with Gasteiger partial charge >= 0.3 is 0 Å². The number of nitrogens with one attached hydrogen (secondary N) is 1. The molecular weight excluding hydrogens is 207 g/mol. The minimum atomic E-state index is -0.291. The molecule has 2 aromatic rings. The molecule has 16 heavy (non-hydrogen) atoms. The molecule has 1 aromatic carbocycles. The van der Waals surface area contributed by atoms with Gasteiger partial charge in [-0.25, -0.2) is 9.37 Å². The van der Waals surface area contributed by atoms with Crippen LogP contribution in [0.3, 0.4) is 0 Å². The number of halogens is 1. The Morgan fingerprint density at radius 2 is 2.31 bits per heavy atom. The summed E-state index contributed by atoms with van der Waals surface area (Å²) in [6.07, 6.45) is 1.88. The second kappa shape index (κ2) is 4.26. The minimum Gasteiger partial charge on any atom is -0.342 e. The lowest BCUT2D eigenvalue weighted by molar-refractivity contribution is -0.116. The summed E-state index contributed by atoms with van der Waals surface area (Å²) in [5.74, 6) is 0.354. The average molecular weight is 218 g/mol. The number of aromatic nitrogens is 2. The number of carbonyl (C=O) groups excluding carboxylic acids is 1. The lowest BCUT2D eigenvalue weighted by Gasteiger charge is -1.96. The van der Waals surface area contributed by atoms with Gasteiger partial charge < -0.3 is 4.98 Å². The van der Waals surface area contributed by atoms with Crippen molar-refractivity contribution < 1.29 is 9.18 Å². The number of H-pyrrole nitrogens is 1. The van der Waals surface area contributed by atoms with Crippen LogP contribution >= 0.6 is 0 Å². The van der Waals surface area contributed by atoms with E-state index >= 15 is 0 Å². The Bertz CT molecular complexity index is 519. The maximum absolute atomic E-state index is 13.0. The lowest BCUT2D eigenvalue weighted by atomic mass is 10.2. The Balaban J connectivity index is 2.28. The van der Waals surface area contributed by atoms with Gasteiger partial charge in [0.25, 0.3) is 0 Å². The quantitative estimate of drug-likeness (QED) is 0.859. The molecule has 0 saturated heterocycles. The van der Waals surface area contributed by atoms with Crippen molar-refractivity contribution in [1.82, 2.24) is 9.97 Å². The van der Waals surface area contributed by atoms with E-state index in [1.165, 1.54) is 19.1 Å². The van der Waals surface area contributed by atoms with Crippen LogP contribution in [-0.2, 0) is 11.2 Å². The highest BCUT2D eigenvalue weighted by molar-refractivity contribution is 5.77. The van der Waals surface area contributed by atoms with E-state index in [0.29, 0.717) is 5.82 Å². The smallest absolute Gasteiger partial charge is 0.137 e. The second-order valence-electron chi connectivity index (χ2n) is 3.63. The van der Waals surface area contributed by atoms with Crippen LogP contribution in [0, 0.1) is 5.82 Å². The number of hydrogen-bond acceptors (Lipinski definition) is 2. The van der Waals surface area contributed by atoms with Crippen LogP contribution in [0.4, 0.5) is 4.39 Å². The van der Waals surface area contributed by atoms with Crippen molar-refractivity contribution in [2.75, 3.05) is 0 Å². The molecule has 82 valence electrons. The highest BCUT2D eigenvalue weighted by Gasteiger charge is 2.05. The zero-order valence-electron chi connectivity index (χ0n) is 8.83. The van der Waals surface area contributed by atoms with Crippen LogP contribution in [0.1, 0.15) is 12.7 Å². The Kier molecular flexibility index (Phi) is 2.81. The number of aromatic amines is 1. The predicted octanol–water partition coefficient (Wildman–Crippen LogP) is 2.35. The van der Waals surface area contributed by atoms with E-state index < -0.39 is 0 Å². The van der Waals surface area contributed by atoms with Crippen LogP contribution < -0.4 is 0 Å². The molecule has 2 rings (SSSR count). The average Bonchev–Trinajstić information content (AvgIpc) is 2.65. The summed E-state index contributed by atoms with van der Waals surface area (Å²) in [6, 6.07) is 6.23. The standard InChI is InChI=1S/C12H11FN2O/c1-8(16)5-12-14-7-11(15-12)9-3-2-4-10(13)6-9/h2-4,6-7H,5H2,1H3,(H,14,15). The number of Topliss-reactive ketones (excluding diaryl/α,β-unsaturated/α-hetero) is 1. The molecular formula is C12H11FN2O. The Morgan fingerprint density at radius 1 is 1.50 bits per heavy atom. The molecule has 1 heterocycles. The van der Waals surface area contributed by atoms with E-state index in [4.69, 9.17) is 0 Å². The van der Waals surface area contributed by atoms with E-state index in [9.17, 15) is 9.18 Å². The SMILES string of the molecule is CC(=O)Cc1ncc(-c2cccc(F)c2)[nH]1. The number of carbonyl (C=O) groups is 1. The summed E-state index contributed by atoms with van der Waals surface area (Å²) in [4.78, 5) is 17.9. The van der Waals surface area contributed by atoms with E-state index in [1.807, 2.05) is 0 Å². The maximum Gasteiger partial charge on any atom is 0.137 e. The Labute approximate surface area is 92.3 Å². The highest BCUT2D eigenvalue weighted by Crippen LogP contribution is 2.17. The van der Waals surface area contributed by atoms with Crippen molar-refractivity contribution in [2.45, 2.75) is 13.3 Å². The molecule has 0 aliphatic heterocycles. The fraction of sp³-hybridized carbons (Fsp3) is 0.167. The van der Waals surface area contributed by atoms with Crippen molar-refractivity contribution in [1.29, 1.82) is 0 Å². The molecule has 4 heteroatoms. The highest BCUT2D eigenvalue weighted by atomic mass is 19.1. The summed E-state index contributed by atoms with van der Waals surface area (Å²) in [7, 11) is 0. The molecule has 1 aromatic heterocycles. The molecule has 1 N–H and O–H groups in total. The van der Waals surface area contributed by atoms with Crippen LogP contribution in [0.2, 0.25) is 0 Å². The van der Waals surface area contributed by atoms with E-state index in [0.717, 1.165) is 11.3 Å². The fourth-order valence-corrected chi connectivity index (χ4v) is 1.49. The zero-order chi connectivity index (χ0) is 11.5. The first kappa shape index (κ1) is 10.5. The molecule has 0 saturated carbocycles. The van der Waals surface area contributed by atoms with Gasteiger partial charge in [0.15, 0.2) is 0 Å². The maximum atomic E-state index is 13.0. The summed E-state index contributed by atoms with van der Waals surface area (Å²) in [6.45, 7) is 1.50. The summed E-state index contributed by atoms with van der Waals surface area (Å²) < 4.78 is 13.0. The van der Waals surface area contributed by atoms with Crippen LogP contribution in [0.5, 0.6) is 0 Å². The van der Waals surface area contributed by atoms with Crippen molar-refractivity contribution in [3.63, 3.8) is 0 Å². The molecule has 0 atom stereocenters. The van der Waals surface area contributed by atoms with Crippen molar-refractivity contribution in [3.05, 3.63) is 42.1 Å². The monoisotopic (exact) mass is 218 g/mol. The van der Waals surface area contributed by atoms with Gasteiger partial charge in [-0.2, -0.15) is 0 Å². The summed E-state index contributed by atoms with van der Waals surface area (Å²) in [5.41, 5.74) is 1.44. The Morgan fingerprint density at radius 3 is 3.00 bits per heavy atom. The molecule has 0 bridgehead atoms. The first-order valence-electron chi connectivity index (χ1n) is 4.94. The summed E-state index contributed by atoms with van der Waals surface area (Å²) >= 11 is 0. The Hall–Kier alpha value is -1.97. The van der Waals surface area contributed by atoms with Crippen molar-refractivity contribution in [3.8, 4) is 11.3 Å². The third kappa shape index (κ3) is 2.34. The normalized spacial score (nSPS) is 10.4. The van der Waals surface area contributed by atoms with Crippen LogP contribution in [0.15, 0.2) is 30.5 Å². The van der Waals surface area contributed by atoms with Gasteiger partial charge in [-0.3, -0.25) is 4.79 Å². The summed E-state index contributed by atoms with van der Waals surface area (Å²) in [5, 5.41) is 0. The van der Waals surface area contributed by atoms with Gasteiger partial charge in [-0.05, 0) is 19.1 Å². The third-order valence-corrected chi connectivity index (χ3v) is 2.18. The fourth-order valence-electron chi connectivity index (χ4n) is 1.49. The third-order valence-electron chi connectivity index (χ3n) is 2.18. The minimum absolute atomic E-state index is 0.0418. The molecule has 0 fully saturated rings. The largest absolute Gasteiger partial charge is 0.342 e. The van der Waals surface area contributed by atoms with Crippen LogP contribution in [0.25, 0.3) is 11.3 Å². The second-order valence-corrected chi connectivity index (χ2v) is 3.63. The van der Waals surface area contributed by atoms with E-state index in [1.54, 1.807) is 18.3 Å². The molecule has 0 amide bonds. The molecule has 0 radical (unpaired) electrons. The van der Waals surface area contributed by atoms with Gasteiger partial charge in [0.05, 0.1) is 18.3 Å². The number of benzene rings is 1. The number of imidazole rings is 1. The lowest BCUT2D eigenvalue weighted by Crippen LogP contribution is -1.97. The predicted molar refractivity (Wildman–Crippen MR) is 58.4 cm³/mol. The van der Waals surface area contributed by atoms with Gasteiger partial charge in [-0.1, -0.05) is 12.1 Å². The molecule has 0 aliphatic carbocycles. The number of nitrogens with zero attached hydrogens (tertiary/aromatic N) is 1. The first-order chi connectivity index (χ1) is 7.65. The van der Waals surface area contributed by atoms with Crippen molar-refractivity contribution in [2.24, 2.45) is 0 Å². The zero-order valence-corrected chi connectivity index (χ0v) is 8.83. The molecule has 0 unspecified atom stereocenters. The van der Waals surface area contributed by atoms with Gasteiger partial charge in [0, 0.05) is 5.56 Å². The van der Waals surface area contributed by atoms with Gasteiger partial charge in [-0.15, -0.1) is 0 Å². The van der Waals surface area contributed by atoms with Gasteiger partial charge in [0.1, 0.15) is 17.4 Å². The molecule has 3 nitrogen and oxygen atoms in total. The van der Waals surface area contributed by atoms with E-state index in [2.05, 4.69) is 9.97 Å².